The third-order valence-electron chi connectivity index (χ3n) is 3.09. The molecule has 2 aromatic carbocycles. The summed E-state index contributed by atoms with van der Waals surface area (Å²) in [6.07, 6.45) is 1.41. The van der Waals surface area contributed by atoms with Gasteiger partial charge >= 0.3 is 0 Å². The second-order valence-corrected chi connectivity index (χ2v) is 5.92. The Kier molecular flexibility index (Phi) is 6.28. The smallest absolute Gasteiger partial charge is 0.259 e. The summed E-state index contributed by atoms with van der Waals surface area (Å²) in [5.41, 5.74) is 4.64. The summed E-state index contributed by atoms with van der Waals surface area (Å²) < 4.78 is 0. The standard InChI is InChI=1S/C16H14Cl3N3O/c1-10-12(17)4-3-7-15(10)20-9-16(23)22-21-8-11-13(18)5-2-6-14(11)19/h2-8,20H,9H2,1H3,(H,22,23). The number of hydrogen-bond acceptors (Lipinski definition) is 3. The monoisotopic (exact) mass is 369 g/mol. The molecule has 0 aliphatic heterocycles. The topological polar surface area (TPSA) is 53.5 Å². The lowest BCUT2D eigenvalue weighted by Gasteiger charge is -2.09. The van der Waals surface area contributed by atoms with E-state index in [0.29, 0.717) is 20.6 Å². The molecule has 2 rings (SSSR count). The Morgan fingerprint density at radius 1 is 1.09 bits per heavy atom. The van der Waals surface area contributed by atoms with Crippen molar-refractivity contribution in [1.29, 1.82) is 0 Å². The molecule has 0 spiro atoms. The number of nitrogens with one attached hydrogen (secondary N) is 2. The van der Waals surface area contributed by atoms with Crippen molar-refractivity contribution in [3.63, 3.8) is 0 Å². The lowest BCUT2D eigenvalue weighted by atomic mass is 10.2. The van der Waals surface area contributed by atoms with Crippen LogP contribution in [-0.4, -0.2) is 18.7 Å². The first-order valence-corrected chi connectivity index (χ1v) is 7.87. The quantitative estimate of drug-likeness (QED) is 0.600. The average molecular weight is 371 g/mol. The summed E-state index contributed by atoms with van der Waals surface area (Å²) in [4.78, 5) is 11.8. The predicted molar refractivity (Wildman–Crippen MR) is 96.9 cm³/mol. The second kappa shape index (κ2) is 8.20. The molecule has 0 bridgehead atoms. The van der Waals surface area contributed by atoms with Gasteiger partial charge in [0.2, 0.25) is 0 Å². The fraction of sp³-hybridized carbons (Fsp3) is 0.125. The van der Waals surface area contributed by atoms with Gasteiger partial charge in [-0.1, -0.05) is 46.9 Å². The Balaban J connectivity index is 1.90. The van der Waals surface area contributed by atoms with Gasteiger partial charge in [-0.05, 0) is 36.8 Å². The largest absolute Gasteiger partial charge is 0.376 e. The molecule has 0 atom stereocenters. The van der Waals surface area contributed by atoms with Crippen molar-refractivity contribution < 1.29 is 4.79 Å². The van der Waals surface area contributed by atoms with E-state index in [-0.39, 0.29) is 12.5 Å². The number of carbonyl (C=O) groups is 1. The van der Waals surface area contributed by atoms with Crippen LogP contribution < -0.4 is 10.7 Å². The number of hydrazone groups is 1. The number of hydrogen-bond donors (Lipinski definition) is 2. The number of nitrogens with zero attached hydrogens (tertiary/aromatic N) is 1. The van der Waals surface area contributed by atoms with Crippen LogP contribution in [0.2, 0.25) is 15.1 Å². The maximum atomic E-state index is 11.8. The lowest BCUT2D eigenvalue weighted by Crippen LogP contribution is -2.26. The van der Waals surface area contributed by atoms with Gasteiger partial charge in [-0.2, -0.15) is 5.10 Å². The first-order chi connectivity index (χ1) is 11.0. The lowest BCUT2D eigenvalue weighted by molar-refractivity contribution is -0.119. The van der Waals surface area contributed by atoms with Gasteiger partial charge in [0.05, 0.1) is 22.8 Å². The number of benzene rings is 2. The van der Waals surface area contributed by atoms with Crippen LogP contribution in [0.3, 0.4) is 0 Å². The highest BCUT2D eigenvalue weighted by Gasteiger charge is 2.05. The summed E-state index contributed by atoms with van der Waals surface area (Å²) in [7, 11) is 0. The maximum Gasteiger partial charge on any atom is 0.259 e. The normalized spacial score (nSPS) is 10.8. The fourth-order valence-electron chi connectivity index (χ4n) is 1.82. The summed E-state index contributed by atoms with van der Waals surface area (Å²) in [6, 6.07) is 10.6. The molecule has 0 aliphatic rings. The van der Waals surface area contributed by atoms with Crippen molar-refractivity contribution in [1.82, 2.24) is 5.43 Å². The molecule has 0 fully saturated rings. The van der Waals surface area contributed by atoms with Crippen molar-refractivity contribution in [3.05, 3.63) is 62.6 Å². The zero-order chi connectivity index (χ0) is 16.8. The minimum atomic E-state index is -0.302. The third kappa shape index (κ3) is 4.86. The first kappa shape index (κ1) is 17.6. The highest BCUT2D eigenvalue weighted by atomic mass is 35.5. The van der Waals surface area contributed by atoms with Crippen LogP contribution in [0, 0.1) is 6.92 Å². The van der Waals surface area contributed by atoms with E-state index in [2.05, 4.69) is 15.8 Å². The molecule has 7 heteroatoms. The minimum absolute atomic E-state index is 0.0643. The van der Waals surface area contributed by atoms with E-state index in [1.54, 1.807) is 24.3 Å². The maximum absolute atomic E-state index is 11.8. The molecule has 2 aromatic rings. The van der Waals surface area contributed by atoms with Gasteiger partial charge in [0, 0.05) is 16.3 Å². The zero-order valence-corrected chi connectivity index (χ0v) is 14.5. The average Bonchev–Trinajstić information content (AvgIpc) is 2.51. The Morgan fingerprint density at radius 2 is 1.70 bits per heavy atom. The van der Waals surface area contributed by atoms with E-state index in [1.165, 1.54) is 6.21 Å². The van der Waals surface area contributed by atoms with Gasteiger partial charge in [-0.25, -0.2) is 5.43 Å². The highest BCUT2D eigenvalue weighted by Crippen LogP contribution is 2.23. The van der Waals surface area contributed by atoms with Crippen molar-refractivity contribution in [2.45, 2.75) is 6.92 Å². The number of rotatable bonds is 5. The van der Waals surface area contributed by atoms with E-state index in [1.807, 2.05) is 19.1 Å². The van der Waals surface area contributed by atoms with Gasteiger partial charge in [0.25, 0.3) is 5.91 Å². The van der Waals surface area contributed by atoms with Gasteiger partial charge in [-0.3, -0.25) is 4.79 Å². The molecule has 0 saturated heterocycles. The number of carbonyl (C=O) groups excluding carboxylic acids is 1. The van der Waals surface area contributed by atoms with Crippen molar-refractivity contribution in [2.24, 2.45) is 5.10 Å². The molecule has 2 N–H and O–H groups in total. The van der Waals surface area contributed by atoms with E-state index >= 15 is 0 Å². The van der Waals surface area contributed by atoms with E-state index in [9.17, 15) is 4.79 Å². The Hall–Kier alpha value is -1.75. The van der Waals surface area contributed by atoms with Crippen LogP contribution in [0.4, 0.5) is 5.69 Å². The molecule has 0 saturated carbocycles. The number of anilines is 1. The Bertz CT molecular complexity index is 727. The van der Waals surface area contributed by atoms with Gasteiger partial charge in [-0.15, -0.1) is 0 Å². The van der Waals surface area contributed by atoms with E-state index in [0.717, 1.165) is 11.3 Å². The molecule has 23 heavy (non-hydrogen) atoms. The highest BCUT2D eigenvalue weighted by molar-refractivity contribution is 6.38. The van der Waals surface area contributed by atoms with Crippen LogP contribution in [0.5, 0.6) is 0 Å². The first-order valence-electron chi connectivity index (χ1n) is 6.74. The Morgan fingerprint density at radius 3 is 2.39 bits per heavy atom. The SMILES string of the molecule is Cc1c(Cl)cccc1NCC(=O)NN=Cc1c(Cl)cccc1Cl. The predicted octanol–water partition coefficient (Wildman–Crippen LogP) is 4.52. The van der Waals surface area contributed by atoms with E-state index < -0.39 is 0 Å². The van der Waals surface area contributed by atoms with Gasteiger partial charge in [0.1, 0.15) is 0 Å². The molecule has 1 amide bonds. The summed E-state index contributed by atoms with van der Waals surface area (Å²) in [5, 5.41) is 8.42. The van der Waals surface area contributed by atoms with Gasteiger partial charge in [0.15, 0.2) is 0 Å². The van der Waals surface area contributed by atoms with Crippen LogP contribution >= 0.6 is 34.8 Å². The van der Waals surface area contributed by atoms with Crippen LogP contribution in [0.15, 0.2) is 41.5 Å². The van der Waals surface area contributed by atoms with Crippen molar-refractivity contribution in [3.8, 4) is 0 Å². The third-order valence-corrected chi connectivity index (χ3v) is 4.16. The van der Waals surface area contributed by atoms with Crippen molar-refractivity contribution >= 4 is 52.6 Å². The molecule has 4 nitrogen and oxygen atoms in total. The molecule has 0 heterocycles. The molecular weight excluding hydrogens is 357 g/mol. The fourth-order valence-corrected chi connectivity index (χ4v) is 2.49. The zero-order valence-electron chi connectivity index (χ0n) is 12.2. The molecule has 120 valence electrons. The number of halogens is 3. The summed E-state index contributed by atoms with van der Waals surface area (Å²) in [5.74, 6) is -0.302. The summed E-state index contributed by atoms with van der Waals surface area (Å²) >= 11 is 18.0. The van der Waals surface area contributed by atoms with Crippen LogP contribution in [-0.2, 0) is 4.79 Å². The molecule has 0 aromatic heterocycles. The molecule has 0 unspecified atom stereocenters. The summed E-state index contributed by atoms with van der Waals surface area (Å²) in [6.45, 7) is 1.94. The van der Waals surface area contributed by atoms with Crippen molar-refractivity contribution in [2.75, 3.05) is 11.9 Å². The Labute approximate surface area is 149 Å². The molecular formula is C16H14Cl3N3O. The second-order valence-electron chi connectivity index (χ2n) is 4.69. The van der Waals surface area contributed by atoms with Crippen LogP contribution in [0.1, 0.15) is 11.1 Å². The van der Waals surface area contributed by atoms with Gasteiger partial charge < -0.3 is 5.32 Å². The van der Waals surface area contributed by atoms with Crippen LogP contribution in [0.25, 0.3) is 0 Å². The minimum Gasteiger partial charge on any atom is -0.376 e. The molecule has 0 aliphatic carbocycles. The number of amides is 1. The molecule has 0 radical (unpaired) electrons. The van der Waals surface area contributed by atoms with E-state index in [4.69, 9.17) is 34.8 Å².